The predicted molar refractivity (Wildman–Crippen MR) is 84.7 cm³/mol. The van der Waals surface area contributed by atoms with E-state index in [2.05, 4.69) is 55.2 Å². The van der Waals surface area contributed by atoms with Gasteiger partial charge in [-0.1, -0.05) is 36.9 Å². The molecule has 0 aromatic heterocycles. The minimum absolute atomic E-state index is 0.0760. The van der Waals surface area contributed by atoms with E-state index in [1.54, 1.807) is 0 Å². The van der Waals surface area contributed by atoms with Crippen LogP contribution in [0.3, 0.4) is 0 Å². The van der Waals surface area contributed by atoms with E-state index in [1.807, 2.05) is 6.07 Å². The maximum absolute atomic E-state index is 11.5. The minimum Gasteiger partial charge on any atom is -0.350 e. The molecule has 1 N–H and O–H groups in total. The molecule has 1 rings (SSSR count). The van der Waals surface area contributed by atoms with Gasteiger partial charge in [0.05, 0.1) is 0 Å². The molecule has 1 atom stereocenters. The summed E-state index contributed by atoms with van der Waals surface area (Å²) < 4.78 is 0. The van der Waals surface area contributed by atoms with E-state index in [9.17, 15) is 4.79 Å². The van der Waals surface area contributed by atoms with Crippen LogP contribution in [0.5, 0.6) is 0 Å². The van der Waals surface area contributed by atoms with Crippen LogP contribution in [-0.2, 0) is 11.2 Å². The van der Waals surface area contributed by atoms with Crippen LogP contribution in [0, 0.1) is 0 Å². The monoisotopic (exact) mass is 274 g/mol. The van der Waals surface area contributed by atoms with Crippen LogP contribution in [-0.4, -0.2) is 37.5 Å². The summed E-state index contributed by atoms with van der Waals surface area (Å²) in [4.78, 5) is 13.7. The quantitative estimate of drug-likeness (QED) is 0.702. The number of carbonyl (C=O) groups is 1. The highest BCUT2D eigenvalue weighted by molar-refractivity contribution is 5.87. The number of aryl methyl sites for hydroxylation is 1. The van der Waals surface area contributed by atoms with Gasteiger partial charge in [-0.25, -0.2) is 0 Å². The Labute approximate surface area is 122 Å². The van der Waals surface area contributed by atoms with Crippen molar-refractivity contribution in [3.8, 4) is 0 Å². The molecule has 0 saturated heterocycles. The van der Waals surface area contributed by atoms with E-state index in [1.165, 1.54) is 11.6 Å². The second-order valence-corrected chi connectivity index (χ2v) is 5.38. The Balaban J connectivity index is 2.44. The largest absolute Gasteiger partial charge is 0.350 e. The summed E-state index contributed by atoms with van der Waals surface area (Å²) in [7, 11) is 4.14. The molecular weight excluding hydrogens is 248 g/mol. The highest BCUT2D eigenvalue weighted by Crippen LogP contribution is 2.09. The molecule has 1 aromatic carbocycles. The fourth-order valence-electron chi connectivity index (χ4n) is 2.19. The van der Waals surface area contributed by atoms with Crippen molar-refractivity contribution in [1.29, 1.82) is 0 Å². The average Bonchev–Trinajstić information content (AvgIpc) is 2.45. The number of nitrogens with one attached hydrogen (secondary N) is 1. The SMILES string of the molecule is C=CC(=O)NC(CCCN(C)C)CCc1ccccc1. The lowest BCUT2D eigenvalue weighted by atomic mass is 10.0. The summed E-state index contributed by atoms with van der Waals surface area (Å²) in [6.45, 7) is 4.57. The van der Waals surface area contributed by atoms with Crippen LogP contribution < -0.4 is 5.32 Å². The van der Waals surface area contributed by atoms with Gasteiger partial charge in [0.1, 0.15) is 0 Å². The van der Waals surface area contributed by atoms with E-state index in [0.717, 1.165) is 32.2 Å². The first-order valence-electron chi connectivity index (χ1n) is 7.23. The third-order valence-corrected chi connectivity index (χ3v) is 3.31. The van der Waals surface area contributed by atoms with Crippen LogP contribution in [0.1, 0.15) is 24.8 Å². The third-order valence-electron chi connectivity index (χ3n) is 3.31. The van der Waals surface area contributed by atoms with Gasteiger partial charge < -0.3 is 10.2 Å². The normalized spacial score (nSPS) is 12.2. The lowest BCUT2D eigenvalue weighted by molar-refractivity contribution is -0.117. The van der Waals surface area contributed by atoms with Crippen molar-refractivity contribution in [3.05, 3.63) is 48.6 Å². The van der Waals surface area contributed by atoms with Gasteiger partial charge in [-0.05, 0) is 58.0 Å². The number of benzene rings is 1. The molecule has 0 heterocycles. The van der Waals surface area contributed by atoms with Crippen LogP contribution in [0.15, 0.2) is 43.0 Å². The zero-order valence-corrected chi connectivity index (χ0v) is 12.6. The van der Waals surface area contributed by atoms with Crippen molar-refractivity contribution in [2.45, 2.75) is 31.7 Å². The number of rotatable bonds is 9. The molecule has 0 aliphatic heterocycles. The molecule has 1 aromatic rings. The Morgan fingerprint density at radius 3 is 2.60 bits per heavy atom. The van der Waals surface area contributed by atoms with Crippen LogP contribution in [0.25, 0.3) is 0 Å². The Hall–Kier alpha value is -1.61. The predicted octanol–water partition coefficient (Wildman–Crippen LogP) is 2.63. The second kappa shape index (κ2) is 9.32. The average molecular weight is 274 g/mol. The first kappa shape index (κ1) is 16.4. The Bertz CT molecular complexity index is 401. The zero-order chi connectivity index (χ0) is 14.8. The van der Waals surface area contributed by atoms with Gasteiger partial charge in [0, 0.05) is 6.04 Å². The molecule has 0 aliphatic carbocycles. The lowest BCUT2D eigenvalue weighted by Crippen LogP contribution is -2.34. The smallest absolute Gasteiger partial charge is 0.243 e. The van der Waals surface area contributed by atoms with Crippen molar-refractivity contribution in [2.24, 2.45) is 0 Å². The second-order valence-electron chi connectivity index (χ2n) is 5.38. The Morgan fingerprint density at radius 2 is 2.00 bits per heavy atom. The molecule has 0 saturated carbocycles. The first-order chi connectivity index (χ1) is 9.61. The molecular formula is C17H26N2O. The minimum atomic E-state index is -0.0760. The van der Waals surface area contributed by atoms with Gasteiger partial charge in [-0.3, -0.25) is 4.79 Å². The number of hydrogen-bond donors (Lipinski definition) is 1. The fourth-order valence-corrected chi connectivity index (χ4v) is 2.19. The summed E-state index contributed by atoms with van der Waals surface area (Å²) in [5, 5.41) is 3.04. The lowest BCUT2D eigenvalue weighted by Gasteiger charge is -2.19. The number of amides is 1. The molecule has 110 valence electrons. The first-order valence-corrected chi connectivity index (χ1v) is 7.23. The van der Waals surface area contributed by atoms with Gasteiger partial charge in [0.15, 0.2) is 0 Å². The summed E-state index contributed by atoms with van der Waals surface area (Å²) in [5.41, 5.74) is 1.32. The molecule has 0 fully saturated rings. The standard InChI is InChI=1S/C17H26N2O/c1-4-17(20)18-16(11-8-14-19(2)3)13-12-15-9-6-5-7-10-15/h4-7,9-10,16H,1,8,11-14H2,2-3H3,(H,18,20). The molecule has 0 spiro atoms. The van der Waals surface area contributed by atoms with Crippen molar-refractivity contribution in [3.63, 3.8) is 0 Å². The third kappa shape index (κ3) is 7.10. The highest BCUT2D eigenvalue weighted by Gasteiger charge is 2.10. The van der Waals surface area contributed by atoms with E-state index in [4.69, 9.17) is 0 Å². The van der Waals surface area contributed by atoms with E-state index in [-0.39, 0.29) is 11.9 Å². The number of hydrogen-bond acceptors (Lipinski definition) is 2. The molecule has 3 heteroatoms. The van der Waals surface area contributed by atoms with Gasteiger partial charge in [0.2, 0.25) is 5.91 Å². The van der Waals surface area contributed by atoms with Gasteiger partial charge in [-0.2, -0.15) is 0 Å². The number of carbonyl (C=O) groups excluding carboxylic acids is 1. The summed E-state index contributed by atoms with van der Waals surface area (Å²) >= 11 is 0. The molecule has 20 heavy (non-hydrogen) atoms. The summed E-state index contributed by atoms with van der Waals surface area (Å²) in [5.74, 6) is -0.0760. The molecule has 0 bridgehead atoms. The Morgan fingerprint density at radius 1 is 1.30 bits per heavy atom. The van der Waals surface area contributed by atoms with Crippen molar-refractivity contribution in [1.82, 2.24) is 10.2 Å². The van der Waals surface area contributed by atoms with Gasteiger partial charge >= 0.3 is 0 Å². The van der Waals surface area contributed by atoms with E-state index in [0.29, 0.717) is 0 Å². The van der Waals surface area contributed by atoms with E-state index < -0.39 is 0 Å². The van der Waals surface area contributed by atoms with Gasteiger partial charge in [-0.15, -0.1) is 0 Å². The molecule has 1 amide bonds. The zero-order valence-electron chi connectivity index (χ0n) is 12.6. The van der Waals surface area contributed by atoms with Crippen molar-refractivity contribution < 1.29 is 4.79 Å². The van der Waals surface area contributed by atoms with Crippen molar-refractivity contribution in [2.75, 3.05) is 20.6 Å². The summed E-state index contributed by atoms with van der Waals surface area (Å²) in [6.07, 6.45) is 5.40. The fraction of sp³-hybridized carbons (Fsp3) is 0.471. The van der Waals surface area contributed by atoms with Crippen LogP contribution in [0.4, 0.5) is 0 Å². The van der Waals surface area contributed by atoms with E-state index >= 15 is 0 Å². The molecule has 3 nitrogen and oxygen atoms in total. The molecule has 0 radical (unpaired) electrons. The maximum atomic E-state index is 11.5. The van der Waals surface area contributed by atoms with Crippen LogP contribution in [0.2, 0.25) is 0 Å². The highest BCUT2D eigenvalue weighted by atomic mass is 16.1. The van der Waals surface area contributed by atoms with Gasteiger partial charge in [0.25, 0.3) is 0 Å². The topological polar surface area (TPSA) is 32.3 Å². The Kier molecular flexibility index (Phi) is 7.66. The molecule has 0 aliphatic rings. The maximum Gasteiger partial charge on any atom is 0.243 e. The molecule has 1 unspecified atom stereocenters. The van der Waals surface area contributed by atoms with Crippen LogP contribution >= 0.6 is 0 Å². The van der Waals surface area contributed by atoms with Crippen molar-refractivity contribution >= 4 is 5.91 Å². The summed E-state index contributed by atoms with van der Waals surface area (Å²) in [6, 6.07) is 10.6. The number of nitrogens with zero attached hydrogens (tertiary/aromatic N) is 1.